The van der Waals surface area contributed by atoms with Crippen LogP contribution in [0.25, 0.3) is 16.7 Å². The molecule has 0 unspecified atom stereocenters. The average molecular weight is 599 g/mol. The van der Waals surface area contributed by atoms with Crippen molar-refractivity contribution in [3.05, 3.63) is 115 Å². The van der Waals surface area contributed by atoms with Crippen LogP contribution >= 0.6 is 50.9 Å². The van der Waals surface area contributed by atoms with E-state index in [0.29, 0.717) is 21.4 Å². The summed E-state index contributed by atoms with van der Waals surface area (Å²) in [5.41, 5.74) is 4.96. The molecule has 4 aromatic rings. The summed E-state index contributed by atoms with van der Waals surface area (Å²) in [5.74, 6) is 0.643. The maximum absolute atomic E-state index is 13.6. The fourth-order valence-electron chi connectivity index (χ4n) is 4.20. The summed E-state index contributed by atoms with van der Waals surface area (Å²) in [6.45, 7) is 1.97. The molecule has 8 heteroatoms. The third kappa shape index (κ3) is 5.28. The van der Waals surface area contributed by atoms with Gasteiger partial charge in [0.1, 0.15) is 0 Å². The van der Waals surface area contributed by atoms with Crippen LogP contribution in [0.1, 0.15) is 45.8 Å². The minimum atomic E-state index is -0.226. The van der Waals surface area contributed by atoms with E-state index >= 15 is 0 Å². The average Bonchev–Trinajstić information content (AvgIpc) is 3.26. The summed E-state index contributed by atoms with van der Waals surface area (Å²) in [6, 6.07) is 23.1. The summed E-state index contributed by atoms with van der Waals surface area (Å²) < 4.78 is 2.81. The number of benzene rings is 3. The lowest BCUT2D eigenvalue weighted by atomic mass is 10.1. The molecule has 1 aliphatic heterocycles. The fraction of sp³-hybridized carbons (Fsp3) is 0.143. The van der Waals surface area contributed by atoms with E-state index in [1.165, 1.54) is 0 Å². The van der Waals surface area contributed by atoms with E-state index < -0.39 is 0 Å². The minimum absolute atomic E-state index is 0.172. The van der Waals surface area contributed by atoms with Gasteiger partial charge in [-0.25, -0.2) is 4.68 Å². The number of carbonyl (C=O) groups is 1. The number of nitrogens with one attached hydrogen (secondary N) is 1. The van der Waals surface area contributed by atoms with Crippen molar-refractivity contribution in [3.63, 3.8) is 0 Å². The lowest BCUT2D eigenvalue weighted by Crippen LogP contribution is -2.28. The Bertz CT molecular complexity index is 1450. The summed E-state index contributed by atoms with van der Waals surface area (Å²) in [7, 11) is 0. The van der Waals surface area contributed by atoms with Crippen molar-refractivity contribution >= 4 is 67.8 Å². The number of nitrogens with zero attached hydrogens (tertiary/aromatic N) is 2. The number of halogens is 3. The number of fused-ring (bicyclic) bond motifs is 1. The minimum Gasteiger partial charge on any atom is -0.344 e. The summed E-state index contributed by atoms with van der Waals surface area (Å²) >= 11 is 17.9. The maximum atomic E-state index is 13.6. The monoisotopic (exact) mass is 597 g/mol. The molecular formula is C28H22BrCl2N3OS. The Morgan fingerprint density at radius 2 is 1.86 bits per heavy atom. The predicted octanol–water partition coefficient (Wildman–Crippen LogP) is 8.22. The third-order valence-corrected chi connectivity index (χ3v) is 8.10. The van der Waals surface area contributed by atoms with Crippen LogP contribution in [0.4, 0.5) is 0 Å². The summed E-state index contributed by atoms with van der Waals surface area (Å²) in [4.78, 5) is 14.6. The van der Waals surface area contributed by atoms with Crippen LogP contribution in [0, 0.1) is 0 Å². The zero-order valence-electron chi connectivity index (χ0n) is 19.3. The molecule has 3 aromatic carbocycles. The molecule has 36 heavy (non-hydrogen) atoms. The van der Waals surface area contributed by atoms with E-state index in [2.05, 4.69) is 27.3 Å². The van der Waals surface area contributed by atoms with Crippen LogP contribution < -0.4 is 5.32 Å². The van der Waals surface area contributed by atoms with Gasteiger partial charge in [0.25, 0.3) is 5.91 Å². The Kier molecular flexibility index (Phi) is 7.58. The molecule has 4 nitrogen and oxygen atoms in total. The zero-order valence-corrected chi connectivity index (χ0v) is 23.3. The molecule has 1 aliphatic rings. The zero-order chi connectivity index (χ0) is 25.2. The quantitative estimate of drug-likeness (QED) is 0.252. The summed E-state index contributed by atoms with van der Waals surface area (Å²) in [5, 5.41) is 8.98. The topological polar surface area (TPSA) is 46.9 Å². The normalized spacial score (nSPS) is 14.9. The SMILES string of the molecule is C[C@@H](NC(=O)c1nn(-c2ccc(Cl)cc2Cl)c2c1/C(=C/c1ccc(Br)cc1)SCC2)c1ccccc1. The molecule has 5 rings (SSSR count). The predicted molar refractivity (Wildman–Crippen MR) is 154 cm³/mol. The Morgan fingerprint density at radius 1 is 1.11 bits per heavy atom. The molecule has 182 valence electrons. The number of hydrogen-bond donors (Lipinski definition) is 1. The van der Waals surface area contributed by atoms with Gasteiger partial charge < -0.3 is 5.32 Å². The van der Waals surface area contributed by atoms with E-state index in [0.717, 1.165) is 43.9 Å². The Hall–Kier alpha value is -2.51. The second kappa shape index (κ2) is 10.9. The molecule has 1 aromatic heterocycles. The lowest BCUT2D eigenvalue weighted by molar-refractivity contribution is 0.0934. The van der Waals surface area contributed by atoms with Crippen LogP contribution in [0.2, 0.25) is 10.0 Å². The number of amides is 1. The van der Waals surface area contributed by atoms with Gasteiger partial charge in [-0.15, -0.1) is 11.8 Å². The highest BCUT2D eigenvalue weighted by Gasteiger charge is 2.30. The third-order valence-electron chi connectivity index (χ3n) is 5.99. The number of hydrogen-bond acceptors (Lipinski definition) is 3. The van der Waals surface area contributed by atoms with Crippen molar-refractivity contribution < 1.29 is 4.79 Å². The molecule has 0 radical (unpaired) electrons. The maximum Gasteiger partial charge on any atom is 0.272 e. The van der Waals surface area contributed by atoms with Gasteiger partial charge in [0.05, 0.1) is 22.4 Å². The number of thioether (sulfide) groups is 1. The molecule has 0 saturated heterocycles. The van der Waals surface area contributed by atoms with Gasteiger partial charge in [0.2, 0.25) is 0 Å². The van der Waals surface area contributed by atoms with Gasteiger partial charge in [-0.05, 0) is 60.9 Å². The first kappa shape index (κ1) is 25.2. The van der Waals surface area contributed by atoms with Crippen molar-refractivity contribution in [2.75, 3.05) is 5.75 Å². The van der Waals surface area contributed by atoms with Crippen molar-refractivity contribution in [2.45, 2.75) is 19.4 Å². The van der Waals surface area contributed by atoms with Crippen molar-refractivity contribution in [2.24, 2.45) is 0 Å². The molecule has 0 bridgehead atoms. The van der Waals surface area contributed by atoms with Crippen LogP contribution in [0.5, 0.6) is 0 Å². The second-order valence-electron chi connectivity index (χ2n) is 8.44. The molecule has 1 N–H and O–H groups in total. The highest BCUT2D eigenvalue weighted by Crippen LogP contribution is 2.41. The van der Waals surface area contributed by atoms with Gasteiger partial charge in [-0.2, -0.15) is 5.10 Å². The molecule has 0 saturated carbocycles. The first-order valence-corrected chi connectivity index (χ1v) is 14.0. The fourth-order valence-corrected chi connectivity index (χ4v) is 6.04. The van der Waals surface area contributed by atoms with Gasteiger partial charge in [-0.3, -0.25) is 4.79 Å². The largest absolute Gasteiger partial charge is 0.344 e. The van der Waals surface area contributed by atoms with Crippen LogP contribution in [0.15, 0.2) is 77.3 Å². The first-order valence-electron chi connectivity index (χ1n) is 11.4. The molecule has 1 amide bonds. The van der Waals surface area contributed by atoms with Crippen molar-refractivity contribution in [1.82, 2.24) is 15.1 Å². The van der Waals surface area contributed by atoms with E-state index in [9.17, 15) is 4.79 Å². The second-order valence-corrected chi connectivity index (χ2v) is 11.3. The van der Waals surface area contributed by atoms with Gasteiger partial charge >= 0.3 is 0 Å². The smallest absolute Gasteiger partial charge is 0.272 e. The number of carbonyl (C=O) groups excluding carboxylic acids is 1. The Balaban J connectivity index is 1.62. The highest BCUT2D eigenvalue weighted by molar-refractivity contribution is 9.10. The van der Waals surface area contributed by atoms with Gasteiger partial charge in [-0.1, -0.05) is 81.6 Å². The lowest BCUT2D eigenvalue weighted by Gasteiger charge is -2.18. The van der Waals surface area contributed by atoms with Gasteiger partial charge in [0, 0.05) is 25.7 Å². The summed E-state index contributed by atoms with van der Waals surface area (Å²) in [6.07, 6.45) is 2.87. The van der Waals surface area contributed by atoms with E-state index in [4.69, 9.17) is 28.3 Å². The molecule has 1 atom stereocenters. The van der Waals surface area contributed by atoms with Gasteiger partial charge in [0.15, 0.2) is 5.69 Å². The first-order chi connectivity index (χ1) is 17.4. The standard InChI is InChI=1S/C28H22BrCl2N3OS/c1-17(19-5-3-2-4-6-19)32-28(35)27-26-24(34(33-27)23-12-11-21(30)16-22(23)31)13-14-36-25(26)15-18-7-9-20(29)10-8-18/h2-12,15-17H,13-14H2,1H3,(H,32,35)/b25-15-/t17-/m1/s1. The Morgan fingerprint density at radius 3 is 2.58 bits per heavy atom. The number of aromatic nitrogens is 2. The van der Waals surface area contributed by atoms with Crippen LogP contribution in [-0.2, 0) is 6.42 Å². The van der Waals surface area contributed by atoms with Crippen molar-refractivity contribution in [3.8, 4) is 5.69 Å². The van der Waals surface area contributed by atoms with Crippen LogP contribution in [0.3, 0.4) is 0 Å². The highest BCUT2D eigenvalue weighted by atomic mass is 79.9. The molecule has 2 heterocycles. The van der Waals surface area contributed by atoms with E-state index in [1.54, 1.807) is 28.6 Å². The molecule has 0 fully saturated rings. The van der Waals surface area contributed by atoms with E-state index in [-0.39, 0.29) is 11.9 Å². The molecule has 0 aliphatic carbocycles. The molecular weight excluding hydrogens is 577 g/mol. The number of rotatable bonds is 5. The molecule has 0 spiro atoms. The van der Waals surface area contributed by atoms with Crippen molar-refractivity contribution in [1.29, 1.82) is 0 Å². The van der Waals surface area contributed by atoms with E-state index in [1.807, 2.05) is 67.6 Å². The Labute approximate surface area is 232 Å². The van der Waals surface area contributed by atoms with Crippen LogP contribution in [-0.4, -0.2) is 21.4 Å².